The van der Waals surface area contributed by atoms with Crippen molar-refractivity contribution >= 4 is 0 Å². The van der Waals surface area contributed by atoms with E-state index in [-0.39, 0.29) is 5.82 Å². The molecule has 118 valence electrons. The summed E-state index contributed by atoms with van der Waals surface area (Å²) in [5, 5.41) is 3.65. The predicted molar refractivity (Wildman–Crippen MR) is 87.0 cm³/mol. The third kappa shape index (κ3) is 5.40. The summed E-state index contributed by atoms with van der Waals surface area (Å²) < 4.78 is 12.8. The van der Waals surface area contributed by atoms with Crippen LogP contribution in [0.15, 0.2) is 24.3 Å². The minimum Gasteiger partial charge on any atom is -0.314 e. The first-order valence-corrected chi connectivity index (χ1v) is 8.39. The molecule has 0 saturated carbocycles. The lowest BCUT2D eigenvalue weighted by Crippen LogP contribution is -2.42. The Morgan fingerprint density at radius 3 is 2.52 bits per heavy atom. The second-order valence-corrected chi connectivity index (χ2v) is 6.30. The lowest BCUT2D eigenvalue weighted by molar-refractivity contribution is 0.163. The van der Waals surface area contributed by atoms with Crippen LogP contribution in [0.5, 0.6) is 0 Å². The molecule has 1 atom stereocenters. The molecule has 0 amide bonds. The quantitative estimate of drug-likeness (QED) is 0.828. The Kier molecular flexibility index (Phi) is 6.65. The van der Waals surface area contributed by atoms with Gasteiger partial charge in [0.1, 0.15) is 5.82 Å². The van der Waals surface area contributed by atoms with Gasteiger partial charge in [0.25, 0.3) is 0 Å². The molecule has 2 nitrogen and oxygen atoms in total. The Bertz CT molecular complexity index is 396. The first-order chi connectivity index (χ1) is 10.2. The Morgan fingerprint density at radius 2 is 1.90 bits per heavy atom. The van der Waals surface area contributed by atoms with Crippen LogP contribution < -0.4 is 5.32 Å². The van der Waals surface area contributed by atoms with Gasteiger partial charge in [-0.2, -0.15) is 0 Å². The van der Waals surface area contributed by atoms with Crippen LogP contribution in [0.4, 0.5) is 4.39 Å². The minimum absolute atomic E-state index is 0.154. The highest BCUT2D eigenvalue weighted by atomic mass is 19.1. The third-order valence-electron chi connectivity index (χ3n) is 4.67. The summed E-state index contributed by atoms with van der Waals surface area (Å²) in [7, 11) is 0. The summed E-state index contributed by atoms with van der Waals surface area (Å²) in [6.45, 7) is 9.29. The Labute approximate surface area is 128 Å². The fourth-order valence-electron chi connectivity index (χ4n) is 3.25. The average Bonchev–Trinajstić information content (AvgIpc) is 2.50. The van der Waals surface area contributed by atoms with Gasteiger partial charge in [-0.05, 0) is 82.4 Å². The van der Waals surface area contributed by atoms with E-state index < -0.39 is 0 Å². The van der Waals surface area contributed by atoms with E-state index in [9.17, 15) is 4.39 Å². The van der Waals surface area contributed by atoms with Crippen LogP contribution in [0.2, 0.25) is 0 Å². The number of piperidine rings is 1. The monoisotopic (exact) mass is 292 g/mol. The van der Waals surface area contributed by atoms with Crippen molar-refractivity contribution in [1.82, 2.24) is 10.2 Å². The number of hydrogen-bond acceptors (Lipinski definition) is 2. The molecule has 0 bridgehead atoms. The molecule has 1 fully saturated rings. The zero-order valence-electron chi connectivity index (χ0n) is 13.4. The van der Waals surface area contributed by atoms with Crippen molar-refractivity contribution < 1.29 is 4.39 Å². The van der Waals surface area contributed by atoms with E-state index in [4.69, 9.17) is 0 Å². The Morgan fingerprint density at radius 1 is 1.24 bits per heavy atom. The van der Waals surface area contributed by atoms with Gasteiger partial charge in [-0.1, -0.05) is 19.1 Å². The lowest BCUT2D eigenvalue weighted by Gasteiger charge is -2.35. The zero-order valence-corrected chi connectivity index (χ0v) is 13.4. The number of likely N-dealkylation sites (tertiary alicyclic amines) is 1. The Balaban J connectivity index is 1.65. The molecule has 1 unspecified atom stereocenters. The van der Waals surface area contributed by atoms with Gasteiger partial charge in [0, 0.05) is 6.04 Å². The SMILES string of the molecule is CCCN1CCC(C(C)NCCc2ccc(F)cc2)CC1. The summed E-state index contributed by atoms with van der Waals surface area (Å²) in [5.41, 5.74) is 1.20. The molecule has 1 aromatic carbocycles. The number of hydrogen-bond donors (Lipinski definition) is 1. The Hall–Kier alpha value is -0.930. The second kappa shape index (κ2) is 8.50. The van der Waals surface area contributed by atoms with Crippen molar-refractivity contribution in [2.45, 2.75) is 45.6 Å². The summed E-state index contributed by atoms with van der Waals surface area (Å²) in [6.07, 6.45) is 4.85. The molecular formula is C18H29FN2. The molecule has 0 aliphatic carbocycles. The van der Waals surface area contributed by atoms with E-state index in [1.54, 1.807) is 12.1 Å². The first-order valence-electron chi connectivity index (χ1n) is 8.39. The highest BCUT2D eigenvalue weighted by Gasteiger charge is 2.22. The second-order valence-electron chi connectivity index (χ2n) is 6.30. The maximum Gasteiger partial charge on any atom is 0.123 e. The molecule has 1 saturated heterocycles. The fraction of sp³-hybridized carbons (Fsp3) is 0.667. The normalized spacial score (nSPS) is 18.8. The standard InChI is InChI=1S/C18H29FN2/c1-3-12-21-13-9-17(10-14-21)15(2)20-11-8-16-4-6-18(19)7-5-16/h4-7,15,17,20H,3,8-14H2,1-2H3. The molecule has 0 radical (unpaired) electrons. The maximum absolute atomic E-state index is 12.8. The van der Waals surface area contributed by atoms with Crippen LogP contribution in [-0.4, -0.2) is 37.1 Å². The van der Waals surface area contributed by atoms with E-state index in [0.29, 0.717) is 6.04 Å². The predicted octanol–water partition coefficient (Wildman–Crippen LogP) is 3.47. The van der Waals surface area contributed by atoms with Crippen molar-refractivity contribution in [2.24, 2.45) is 5.92 Å². The van der Waals surface area contributed by atoms with Gasteiger partial charge < -0.3 is 10.2 Å². The van der Waals surface area contributed by atoms with Crippen molar-refractivity contribution in [3.8, 4) is 0 Å². The number of halogens is 1. The third-order valence-corrected chi connectivity index (χ3v) is 4.67. The van der Waals surface area contributed by atoms with Crippen LogP contribution in [0, 0.1) is 11.7 Å². The van der Waals surface area contributed by atoms with E-state index in [0.717, 1.165) is 18.9 Å². The molecule has 1 aliphatic rings. The van der Waals surface area contributed by atoms with Gasteiger partial charge in [0.05, 0.1) is 0 Å². The smallest absolute Gasteiger partial charge is 0.123 e. The molecule has 3 heteroatoms. The van der Waals surface area contributed by atoms with Crippen LogP contribution in [0.3, 0.4) is 0 Å². The molecule has 1 aliphatic heterocycles. The van der Waals surface area contributed by atoms with Crippen LogP contribution in [0.1, 0.15) is 38.7 Å². The number of rotatable bonds is 7. The van der Waals surface area contributed by atoms with Crippen LogP contribution >= 0.6 is 0 Å². The van der Waals surface area contributed by atoms with Crippen LogP contribution in [0.25, 0.3) is 0 Å². The summed E-state index contributed by atoms with van der Waals surface area (Å²) in [6, 6.07) is 7.43. The number of nitrogens with zero attached hydrogens (tertiary/aromatic N) is 1. The number of nitrogens with one attached hydrogen (secondary N) is 1. The van der Waals surface area contributed by atoms with Gasteiger partial charge >= 0.3 is 0 Å². The van der Waals surface area contributed by atoms with Crippen molar-refractivity contribution in [2.75, 3.05) is 26.2 Å². The summed E-state index contributed by atoms with van der Waals surface area (Å²) >= 11 is 0. The molecule has 2 rings (SSSR count). The maximum atomic E-state index is 12.8. The topological polar surface area (TPSA) is 15.3 Å². The summed E-state index contributed by atoms with van der Waals surface area (Å²) in [5.74, 6) is 0.644. The van der Waals surface area contributed by atoms with E-state index in [2.05, 4.69) is 24.1 Å². The molecular weight excluding hydrogens is 263 g/mol. The van der Waals surface area contributed by atoms with E-state index >= 15 is 0 Å². The van der Waals surface area contributed by atoms with Gasteiger partial charge in [-0.3, -0.25) is 0 Å². The molecule has 0 spiro atoms. The van der Waals surface area contributed by atoms with E-state index in [1.165, 1.54) is 44.5 Å². The van der Waals surface area contributed by atoms with E-state index in [1.807, 2.05) is 12.1 Å². The minimum atomic E-state index is -0.154. The van der Waals surface area contributed by atoms with Gasteiger partial charge in [-0.25, -0.2) is 4.39 Å². The average molecular weight is 292 g/mol. The molecule has 0 aromatic heterocycles. The largest absolute Gasteiger partial charge is 0.314 e. The van der Waals surface area contributed by atoms with Crippen molar-refractivity contribution in [3.05, 3.63) is 35.6 Å². The molecule has 1 N–H and O–H groups in total. The lowest BCUT2D eigenvalue weighted by atomic mass is 9.90. The summed E-state index contributed by atoms with van der Waals surface area (Å²) in [4.78, 5) is 2.59. The van der Waals surface area contributed by atoms with Crippen LogP contribution in [-0.2, 0) is 6.42 Å². The van der Waals surface area contributed by atoms with Gasteiger partial charge in [0.2, 0.25) is 0 Å². The first kappa shape index (κ1) is 16.4. The van der Waals surface area contributed by atoms with Gasteiger partial charge in [-0.15, -0.1) is 0 Å². The highest BCUT2D eigenvalue weighted by Crippen LogP contribution is 2.20. The zero-order chi connectivity index (χ0) is 15.1. The molecule has 1 aromatic rings. The molecule has 21 heavy (non-hydrogen) atoms. The fourth-order valence-corrected chi connectivity index (χ4v) is 3.25. The highest BCUT2D eigenvalue weighted by molar-refractivity contribution is 5.16. The number of benzene rings is 1. The molecule has 1 heterocycles. The van der Waals surface area contributed by atoms with Crippen molar-refractivity contribution in [1.29, 1.82) is 0 Å². The van der Waals surface area contributed by atoms with Crippen molar-refractivity contribution in [3.63, 3.8) is 0 Å². The van der Waals surface area contributed by atoms with Gasteiger partial charge in [0.15, 0.2) is 0 Å².